The standard InChI is InChI=1S/C14H20O3/c1-3-12-9-16-14(12)10-15-11(2)17-13-7-5-4-6-8-13/h4-8,11-12,14H,3,9-10H2,1-2H3. The van der Waals surface area contributed by atoms with Crippen LogP contribution in [0.25, 0.3) is 0 Å². The maximum Gasteiger partial charge on any atom is 0.197 e. The van der Waals surface area contributed by atoms with Crippen LogP contribution in [0, 0.1) is 5.92 Å². The fourth-order valence-electron chi connectivity index (χ4n) is 1.89. The molecule has 0 radical (unpaired) electrons. The van der Waals surface area contributed by atoms with Crippen molar-refractivity contribution in [2.75, 3.05) is 13.2 Å². The van der Waals surface area contributed by atoms with Crippen LogP contribution >= 0.6 is 0 Å². The van der Waals surface area contributed by atoms with Crippen LogP contribution in [-0.2, 0) is 9.47 Å². The van der Waals surface area contributed by atoms with Gasteiger partial charge in [0.15, 0.2) is 6.29 Å². The lowest BCUT2D eigenvalue weighted by atomic mass is 9.96. The number of ether oxygens (including phenoxy) is 3. The third-order valence-corrected chi connectivity index (χ3v) is 3.11. The number of hydrogen-bond acceptors (Lipinski definition) is 3. The van der Waals surface area contributed by atoms with E-state index in [2.05, 4.69) is 6.92 Å². The predicted octanol–water partition coefficient (Wildman–Crippen LogP) is 2.85. The number of benzene rings is 1. The quantitative estimate of drug-likeness (QED) is 0.711. The lowest BCUT2D eigenvalue weighted by molar-refractivity contribution is -0.177. The van der Waals surface area contributed by atoms with E-state index >= 15 is 0 Å². The highest BCUT2D eigenvalue weighted by atomic mass is 16.7. The molecule has 0 aliphatic carbocycles. The SMILES string of the molecule is CCC1COC1COC(C)Oc1ccccc1. The third-order valence-electron chi connectivity index (χ3n) is 3.11. The van der Waals surface area contributed by atoms with E-state index in [1.165, 1.54) is 0 Å². The van der Waals surface area contributed by atoms with Gasteiger partial charge >= 0.3 is 0 Å². The Balaban J connectivity index is 1.69. The highest BCUT2D eigenvalue weighted by molar-refractivity contribution is 5.20. The Morgan fingerprint density at radius 3 is 2.71 bits per heavy atom. The molecule has 1 saturated heterocycles. The van der Waals surface area contributed by atoms with E-state index in [0.29, 0.717) is 12.5 Å². The largest absolute Gasteiger partial charge is 0.465 e. The second-order valence-corrected chi connectivity index (χ2v) is 4.37. The zero-order valence-corrected chi connectivity index (χ0v) is 10.5. The molecule has 1 aliphatic rings. The molecule has 1 aromatic carbocycles. The molecule has 0 saturated carbocycles. The van der Waals surface area contributed by atoms with Crippen molar-refractivity contribution >= 4 is 0 Å². The summed E-state index contributed by atoms with van der Waals surface area (Å²) in [5.74, 6) is 1.49. The van der Waals surface area contributed by atoms with Crippen LogP contribution in [-0.4, -0.2) is 25.6 Å². The molecule has 1 aliphatic heterocycles. The van der Waals surface area contributed by atoms with Crippen molar-refractivity contribution in [3.05, 3.63) is 30.3 Å². The van der Waals surface area contributed by atoms with Gasteiger partial charge in [-0.1, -0.05) is 25.1 Å². The fraction of sp³-hybridized carbons (Fsp3) is 0.571. The average molecular weight is 236 g/mol. The van der Waals surface area contributed by atoms with Crippen molar-refractivity contribution in [2.45, 2.75) is 32.7 Å². The van der Waals surface area contributed by atoms with Gasteiger partial charge in [-0.15, -0.1) is 0 Å². The van der Waals surface area contributed by atoms with Crippen LogP contribution in [0.5, 0.6) is 5.75 Å². The van der Waals surface area contributed by atoms with E-state index < -0.39 is 0 Å². The van der Waals surface area contributed by atoms with E-state index in [-0.39, 0.29) is 12.4 Å². The predicted molar refractivity (Wildman–Crippen MR) is 66.0 cm³/mol. The van der Waals surface area contributed by atoms with Gasteiger partial charge in [0.05, 0.1) is 19.3 Å². The molecular weight excluding hydrogens is 216 g/mol. The normalized spacial score (nSPS) is 25.1. The molecule has 0 bridgehead atoms. The maximum atomic E-state index is 5.63. The highest BCUT2D eigenvalue weighted by Crippen LogP contribution is 2.24. The summed E-state index contributed by atoms with van der Waals surface area (Å²) in [7, 11) is 0. The van der Waals surface area contributed by atoms with Crippen LogP contribution in [0.15, 0.2) is 30.3 Å². The first kappa shape index (κ1) is 12.4. The summed E-state index contributed by atoms with van der Waals surface area (Å²) in [5.41, 5.74) is 0. The molecule has 0 N–H and O–H groups in total. The third kappa shape index (κ3) is 3.45. The van der Waals surface area contributed by atoms with Crippen LogP contribution in [0.2, 0.25) is 0 Å². The molecule has 3 nitrogen and oxygen atoms in total. The van der Waals surface area contributed by atoms with Gasteiger partial charge < -0.3 is 14.2 Å². The van der Waals surface area contributed by atoms with Crippen molar-refractivity contribution in [1.29, 1.82) is 0 Å². The Labute approximate surface area is 103 Å². The molecule has 1 aromatic rings. The van der Waals surface area contributed by atoms with Crippen LogP contribution in [0.3, 0.4) is 0 Å². The monoisotopic (exact) mass is 236 g/mol. The zero-order valence-electron chi connectivity index (χ0n) is 10.5. The smallest absolute Gasteiger partial charge is 0.197 e. The minimum absolute atomic E-state index is 0.237. The lowest BCUT2D eigenvalue weighted by Gasteiger charge is -2.36. The number of para-hydroxylation sites is 1. The second-order valence-electron chi connectivity index (χ2n) is 4.37. The van der Waals surface area contributed by atoms with Crippen molar-refractivity contribution in [3.63, 3.8) is 0 Å². The van der Waals surface area contributed by atoms with Crippen LogP contribution in [0.4, 0.5) is 0 Å². The molecule has 1 fully saturated rings. The Hall–Kier alpha value is -1.06. The lowest BCUT2D eigenvalue weighted by Crippen LogP contribution is -2.43. The van der Waals surface area contributed by atoms with Gasteiger partial charge in [0.25, 0.3) is 0 Å². The topological polar surface area (TPSA) is 27.7 Å². The Morgan fingerprint density at radius 2 is 2.12 bits per heavy atom. The van der Waals surface area contributed by atoms with Gasteiger partial charge in [-0.2, -0.15) is 0 Å². The van der Waals surface area contributed by atoms with Gasteiger partial charge in [0.1, 0.15) is 5.75 Å². The fourth-order valence-corrected chi connectivity index (χ4v) is 1.89. The van der Waals surface area contributed by atoms with Gasteiger partial charge in [0, 0.05) is 5.92 Å². The Bertz CT molecular complexity index is 323. The molecule has 2 rings (SSSR count). The summed E-state index contributed by atoms with van der Waals surface area (Å²) < 4.78 is 16.7. The molecule has 0 amide bonds. The van der Waals surface area contributed by atoms with Gasteiger partial charge in [-0.05, 0) is 25.5 Å². The summed E-state index contributed by atoms with van der Waals surface area (Å²) in [6, 6.07) is 9.71. The van der Waals surface area contributed by atoms with E-state index in [1.54, 1.807) is 0 Å². The number of hydrogen-bond donors (Lipinski definition) is 0. The average Bonchev–Trinajstić information content (AvgIpc) is 2.29. The molecule has 3 unspecified atom stereocenters. The molecule has 1 heterocycles. The van der Waals surface area contributed by atoms with Crippen LogP contribution < -0.4 is 4.74 Å². The van der Waals surface area contributed by atoms with Crippen LogP contribution in [0.1, 0.15) is 20.3 Å². The molecule has 94 valence electrons. The van der Waals surface area contributed by atoms with Gasteiger partial charge in [-0.25, -0.2) is 0 Å². The van der Waals surface area contributed by atoms with Crippen molar-refractivity contribution in [2.24, 2.45) is 5.92 Å². The molecular formula is C14H20O3. The maximum absolute atomic E-state index is 5.63. The van der Waals surface area contributed by atoms with Gasteiger partial charge in [-0.3, -0.25) is 0 Å². The van der Waals surface area contributed by atoms with E-state index in [9.17, 15) is 0 Å². The first-order valence-electron chi connectivity index (χ1n) is 6.24. The molecule has 3 atom stereocenters. The first-order valence-corrected chi connectivity index (χ1v) is 6.24. The molecule has 3 heteroatoms. The first-order chi connectivity index (χ1) is 8.29. The minimum atomic E-state index is -0.237. The second kappa shape index (κ2) is 6.03. The highest BCUT2D eigenvalue weighted by Gasteiger charge is 2.30. The zero-order chi connectivity index (χ0) is 12.1. The Morgan fingerprint density at radius 1 is 1.35 bits per heavy atom. The minimum Gasteiger partial charge on any atom is -0.465 e. The number of rotatable bonds is 6. The molecule has 17 heavy (non-hydrogen) atoms. The van der Waals surface area contributed by atoms with E-state index in [0.717, 1.165) is 18.8 Å². The van der Waals surface area contributed by atoms with E-state index in [4.69, 9.17) is 14.2 Å². The summed E-state index contributed by atoms with van der Waals surface area (Å²) in [6.07, 6.45) is 1.17. The summed E-state index contributed by atoms with van der Waals surface area (Å²) >= 11 is 0. The van der Waals surface area contributed by atoms with Crippen molar-refractivity contribution in [3.8, 4) is 5.75 Å². The molecule has 0 spiro atoms. The van der Waals surface area contributed by atoms with Crippen molar-refractivity contribution in [1.82, 2.24) is 0 Å². The summed E-state index contributed by atoms with van der Waals surface area (Å²) in [4.78, 5) is 0. The van der Waals surface area contributed by atoms with E-state index in [1.807, 2.05) is 37.3 Å². The summed E-state index contributed by atoms with van der Waals surface area (Å²) in [6.45, 7) is 5.58. The van der Waals surface area contributed by atoms with Gasteiger partial charge in [0.2, 0.25) is 0 Å². The molecule has 0 aromatic heterocycles. The summed E-state index contributed by atoms with van der Waals surface area (Å²) in [5, 5.41) is 0. The van der Waals surface area contributed by atoms with Crippen molar-refractivity contribution < 1.29 is 14.2 Å². The Kier molecular flexibility index (Phi) is 4.40.